The van der Waals surface area contributed by atoms with Gasteiger partial charge in [0.15, 0.2) is 0 Å². The van der Waals surface area contributed by atoms with Crippen LogP contribution in [0.4, 0.5) is 5.69 Å². The lowest BCUT2D eigenvalue weighted by molar-refractivity contribution is -0.117. The van der Waals surface area contributed by atoms with Crippen molar-refractivity contribution in [3.8, 4) is 12.3 Å². The number of anilines is 1. The molecule has 0 aliphatic carbocycles. The number of carbonyl (C=O) groups excluding carboxylic acids is 1. The molecule has 0 aliphatic rings. The van der Waals surface area contributed by atoms with E-state index in [-0.39, 0.29) is 17.7 Å². The van der Waals surface area contributed by atoms with Crippen LogP contribution in [0.1, 0.15) is 16.8 Å². The molecule has 5 heteroatoms. The van der Waals surface area contributed by atoms with Gasteiger partial charge in [0, 0.05) is 6.42 Å². The van der Waals surface area contributed by atoms with E-state index in [1.54, 1.807) is 12.1 Å². The van der Waals surface area contributed by atoms with Crippen LogP contribution in [0.3, 0.4) is 0 Å². The molecule has 1 amide bonds. The van der Waals surface area contributed by atoms with E-state index < -0.39 is 17.9 Å². The second kappa shape index (κ2) is 5.68. The van der Waals surface area contributed by atoms with Crippen molar-refractivity contribution in [2.75, 3.05) is 5.32 Å². The van der Waals surface area contributed by atoms with Crippen LogP contribution in [0.2, 0.25) is 0 Å². The van der Waals surface area contributed by atoms with Crippen molar-refractivity contribution in [3.05, 3.63) is 29.8 Å². The minimum Gasteiger partial charge on any atom is -0.478 e. The highest BCUT2D eigenvalue weighted by molar-refractivity contribution is 6.02. The van der Waals surface area contributed by atoms with Crippen molar-refractivity contribution < 1.29 is 14.7 Å². The summed E-state index contributed by atoms with van der Waals surface area (Å²) in [6.45, 7) is 0. The molecule has 4 N–H and O–H groups in total. The largest absolute Gasteiger partial charge is 0.478 e. The Bertz CT molecular complexity index is 477. The van der Waals surface area contributed by atoms with Crippen LogP contribution in [0.25, 0.3) is 0 Å². The van der Waals surface area contributed by atoms with E-state index in [1.807, 2.05) is 0 Å². The number of para-hydroxylation sites is 1. The highest BCUT2D eigenvalue weighted by atomic mass is 16.4. The maximum Gasteiger partial charge on any atom is 0.337 e. The summed E-state index contributed by atoms with van der Waals surface area (Å²) in [5.41, 5.74) is 5.71. The normalized spacial score (nSPS) is 11.3. The Morgan fingerprint density at radius 2 is 2.12 bits per heavy atom. The molecular formula is C12H12N2O3. The zero-order valence-electron chi connectivity index (χ0n) is 9.01. The van der Waals surface area contributed by atoms with E-state index in [4.69, 9.17) is 17.3 Å². The number of carbonyl (C=O) groups is 2. The summed E-state index contributed by atoms with van der Waals surface area (Å²) in [6, 6.07) is 5.23. The zero-order valence-corrected chi connectivity index (χ0v) is 9.01. The van der Waals surface area contributed by atoms with Gasteiger partial charge in [-0.1, -0.05) is 12.1 Å². The number of aromatic carboxylic acids is 1. The van der Waals surface area contributed by atoms with Gasteiger partial charge in [0.2, 0.25) is 5.91 Å². The van der Waals surface area contributed by atoms with Gasteiger partial charge in [-0.2, -0.15) is 0 Å². The summed E-state index contributed by atoms with van der Waals surface area (Å²) in [6.07, 6.45) is 5.13. The maximum absolute atomic E-state index is 11.6. The molecule has 1 unspecified atom stereocenters. The molecule has 0 bridgehead atoms. The Balaban J connectivity index is 2.85. The summed E-state index contributed by atoms with van der Waals surface area (Å²) >= 11 is 0. The van der Waals surface area contributed by atoms with Crippen LogP contribution in [-0.2, 0) is 4.79 Å². The lowest BCUT2D eigenvalue weighted by Crippen LogP contribution is -2.35. The number of carboxylic acids is 1. The van der Waals surface area contributed by atoms with Crippen LogP contribution in [-0.4, -0.2) is 23.0 Å². The molecule has 0 aliphatic heterocycles. The predicted octanol–water partition coefficient (Wildman–Crippen LogP) is 0.674. The minimum absolute atomic E-state index is 0.00811. The van der Waals surface area contributed by atoms with Crippen molar-refractivity contribution in [3.63, 3.8) is 0 Å². The lowest BCUT2D eigenvalue weighted by Gasteiger charge is -2.11. The fourth-order valence-corrected chi connectivity index (χ4v) is 1.22. The van der Waals surface area contributed by atoms with E-state index in [1.165, 1.54) is 12.1 Å². The Morgan fingerprint density at radius 3 is 2.71 bits per heavy atom. The molecule has 17 heavy (non-hydrogen) atoms. The smallest absolute Gasteiger partial charge is 0.337 e. The van der Waals surface area contributed by atoms with Crippen molar-refractivity contribution in [1.82, 2.24) is 0 Å². The minimum atomic E-state index is -1.12. The van der Waals surface area contributed by atoms with Crippen molar-refractivity contribution in [2.24, 2.45) is 5.73 Å². The summed E-state index contributed by atoms with van der Waals surface area (Å²) in [5.74, 6) is 0.647. The summed E-state index contributed by atoms with van der Waals surface area (Å²) in [5, 5.41) is 11.3. The average Bonchev–Trinajstić information content (AvgIpc) is 2.29. The SMILES string of the molecule is C#CCC(N)C(=O)Nc1ccccc1C(=O)O. The van der Waals surface area contributed by atoms with E-state index >= 15 is 0 Å². The Morgan fingerprint density at radius 1 is 1.47 bits per heavy atom. The summed E-state index contributed by atoms with van der Waals surface area (Å²) in [4.78, 5) is 22.4. The van der Waals surface area contributed by atoms with E-state index in [0.717, 1.165) is 0 Å². The third-order valence-corrected chi connectivity index (χ3v) is 2.09. The maximum atomic E-state index is 11.6. The Labute approximate surface area is 98.6 Å². The molecule has 0 heterocycles. The van der Waals surface area contributed by atoms with E-state index in [0.29, 0.717) is 0 Å². The van der Waals surface area contributed by atoms with Crippen molar-refractivity contribution in [1.29, 1.82) is 0 Å². The number of nitrogens with one attached hydrogen (secondary N) is 1. The van der Waals surface area contributed by atoms with Gasteiger partial charge in [0.05, 0.1) is 17.3 Å². The molecule has 1 atom stereocenters. The van der Waals surface area contributed by atoms with Gasteiger partial charge in [-0.15, -0.1) is 12.3 Å². The molecule has 0 spiro atoms. The van der Waals surface area contributed by atoms with Crippen LogP contribution in [0.5, 0.6) is 0 Å². The van der Waals surface area contributed by atoms with Gasteiger partial charge >= 0.3 is 5.97 Å². The number of benzene rings is 1. The number of amides is 1. The summed E-state index contributed by atoms with van der Waals surface area (Å²) < 4.78 is 0. The van der Waals surface area contributed by atoms with Gasteiger partial charge in [-0.3, -0.25) is 4.79 Å². The fourth-order valence-electron chi connectivity index (χ4n) is 1.22. The van der Waals surface area contributed by atoms with Crippen LogP contribution in [0, 0.1) is 12.3 Å². The molecule has 1 aromatic carbocycles. The van der Waals surface area contributed by atoms with Gasteiger partial charge < -0.3 is 16.2 Å². The number of rotatable bonds is 4. The molecule has 1 rings (SSSR count). The fraction of sp³-hybridized carbons (Fsp3) is 0.167. The highest BCUT2D eigenvalue weighted by Crippen LogP contribution is 2.15. The first-order chi connectivity index (χ1) is 8.06. The molecule has 0 fully saturated rings. The van der Waals surface area contributed by atoms with E-state index in [9.17, 15) is 9.59 Å². The number of hydrogen-bond donors (Lipinski definition) is 3. The first-order valence-corrected chi connectivity index (χ1v) is 4.88. The first-order valence-electron chi connectivity index (χ1n) is 4.88. The Kier molecular flexibility index (Phi) is 4.26. The van der Waals surface area contributed by atoms with Crippen molar-refractivity contribution in [2.45, 2.75) is 12.5 Å². The number of hydrogen-bond acceptors (Lipinski definition) is 3. The standard InChI is InChI=1S/C12H12N2O3/c1-2-5-9(13)11(15)14-10-7-4-3-6-8(10)12(16)17/h1,3-4,6-7,9H,5,13H2,(H,14,15)(H,16,17). The molecule has 0 radical (unpaired) electrons. The van der Waals surface area contributed by atoms with Crippen molar-refractivity contribution >= 4 is 17.6 Å². The second-order valence-corrected chi connectivity index (χ2v) is 3.35. The van der Waals surface area contributed by atoms with Gasteiger partial charge in [0.1, 0.15) is 0 Å². The van der Waals surface area contributed by atoms with Crippen LogP contribution >= 0.6 is 0 Å². The molecular weight excluding hydrogens is 220 g/mol. The Hall–Kier alpha value is -2.32. The van der Waals surface area contributed by atoms with Crippen LogP contribution in [0.15, 0.2) is 24.3 Å². The molecule has 88 valence electrons. The average molecular weight is 232 g/mol. The number of nitrogens with two attached hydrogens (primary N) is 1. The van der Waals surface area contributed by atoms with E-state index in [2.05, 4.69) is 11.2 Å². The molecule has 1 aromatic rings. The first kappa shape index (κ1) is 12.7. The predicted molar refractivity (Wildman–Crippen MR) is 63.5 cm³/mol. The topological polar surface area (TPSA) is 92.4 Å². The number of carboxylic acid groups (broad SMARTS) is 1. The molecule has 0 saturated carbocycles. The molecule has 0 aromatic heterocycles. The second-order valence-electron chi connectivity index (χ2n) is 3.35. The third kappa shape index (κ3) is 3.33. The monoisotopic (exact) mass is 232 g/mol. The lowest BCUT2D eigenvalue weighted by atomic mass is 10.1. The third-order valence-electron chi connectivity index (χ3n) is 2.09. The number of terminal acetylenes is 1. The molecule has 0 saturated heterocycles. The van der Waals surface area contributed by atoms with Gasteiger partial charge in [-0.05, 0) is 12.1 Å². The summed E-state index contributed by atoms with van der Waals surface area (Å²) in [7, 11) is 0. The van der Waals surface area contributed by atoms with Gasteiger partial charge in [0.25, 0.3) is 0 Å². The molecule has 5 nitrogen and oxygen atoms in total. The zero-order chi connectivity index (χ0) is 12.8. The quantitative estimate of drug-likeness (QED) is 0.665. The highest BCUT2D eigenvalue weighted by Gasteiger charge is 2.15. The van der Waals surface area contributed by atoms with Gasteiger partial charge in [-0.25, -0.2) is 4.79 Å². The van der Waals surface area contributed by atoms with Crippen LogP contribution < -0.4 is 11.1 Å².